The van der Waals surface area contributed by atoms with Gasteiger partial charge in [0.15, 0.2) is 5.78 Å². The van der Waals surface area contributed by atoms with E-state index in [1.807, 2.05) is 31.2 Å². The summed E-state index contributed by atoms with van der Waals surface area (Å²) in [6.07, 6.45) is -1.79. The first-order chi connectivity index (χ1) is 15.7. The SMILES string of the molecule is CCc1ccc(C2C(C(=O)Nc3cccc(C(F)(F)F)c3)=C(C)NC3=C2C(=O)CCC3)cc1. The molecule has 4 rings (SSSR count). The van der Waals surface area contributed by atoms with Gasteiger partial charge in [0.2, 0.25) is 0 Å². The first-order valence-corrected chi connectivity index (χ1v) is 11.0. The minimum atomic E-state index is -4.51. The maximum absolute atomic E-state index is 13.4. The standard InChI is InChI=1S/C26H25F3N2O2/c1-3-16-10-12-17(13-11-16)23-22(15(2)30-20-8-5-9-21(32)24(20)23)25(33)31-19-7-4-6-18(14-19)26(27,28)29/h4,6-7,10-14,23,30H,3,5,8-9H2,1-2H3,(H,31,33). The van der Waals surface area contributed by atoms with Crippen molar-refractivity contribution < 1.29 is 22.8 Å². The molecule has 0 aromatic heterocycles. The van der Waals surface area contributed by atoms with E-state index in [9.17, 15) is 22.8 Å². The topological polar surface area (TPSA) is 58.2 Å². The molecule has 1 aliphatic heterocycles. The van der Waals surface area contributed by atoms with E-state index in [-0.39, 0.29) is 11.5 Å². The molecule has 0 bridgehead atoms. The fourth-order valence-corrected chi connectivity index (χ4v) is 4.54. The minimum Gasteiger partial charge on any atom is -0.362 e. The Morgan fingerprint density at radius 1 is 1.12 bits per heavy atom. The largest absolute Gasteiger partial charge is 0.416 e. The Kier molecular flexibility index (Phi) is 6.15. The van der Waals surface area contributed by atoms with Crippen molar-refractivity contribution in [2.45, 2.75) is 51.6 Å². The third-order valence-corrected chi connectivity index (χ3v) is 6.19. The fourth-order valence-electron chi connectivity index (χ4n) is 4.54. The van der Waals surface area contributed by atoms with Gasteiger partial charge in [-0.2, -0.15) is 13.2 Å². The molecule has 4 nitrogen and oxygen atoms in total. The van der Waals surface area contributed by atoms with Crippen LogP contribution in [-0.2, 0) is 22.2 Å². The van der Waals surface area contributed by atoms with E-state index in [4.69, 9.17) is 0 Å². The highest BCUT2D eigenvalue weighted by Crippen LogP contribution is 2.42. The van der Waals surface area contributed by atoms with Crippen molar-refractivity contribution in [1.29, 1.82) is 0 Å². The summed E-state index contributed by atoms with van der Waals surface area (Å²) in [6, 6.07) is 12.3. The Balaban J connectivity index is 1.74. The van der Waals surface area contributed by atoms with Crippen molar-refractivity contribution >= 4 is 17.4 Å². The zero-order valence-corrected chi connectivity index (χ0v) is 18.5. The summed E-state index contributed by atoms with van der Waals surface area (Å²) in [4.78, 5) is 26.3. The number of halogens is 3. The van der Waals surface area contributed by atoms with Gasteiger partial charge in [-0.05, 0) is 55.5 Å². The summed E-state index contributed by atoms with van der Waals surface area (Å²) in [5.74, 6) is -1.12. The second-order valence-corrected chi connectivity index (χ2v) is 8.39. The van der Waals surface area contributed by atoms with Crippen LogP contribution in [0.15, 0.2) is 71.1 Å². The molecule has 7 heteroatoms. The van der Waals surface area contributed by atoms with Gasteiger partial charge in [0.1, 0.15) is 0 Å². The van der Waals surface area contributed by atoms with Crippen LogP contribution in [0.25, 0.3) is 0 Å². The highest BCUT2D eigenvalue weighted by molar-refractivity contribution is 6.09. The Morgan fingerprint density at radius 2 is 1.85 bits per heavy atom. The van der Waals surface area contributed by atoms with E-state index in [1.165, 1.54) is 12.1 Å². The molecule has 2 aromatic rings. The first kappa shape index (κ1) is 22.8. The van der Waals surface area contributed by atoms with Crippen LogP contribution in [0.2, 0.25) is 0 Å². The lowest BCUT2D eigenvalue weighted by atomic mass is 9.75. The van der Waals surface area contributed by atoms with Crippen LogP contribution in [0.4, 0.5) is 18.9 Å². The summed E-state index contributed by atoms with van der Waals surface area (Å²) < 4.78 is 39.4. The fraction of sp³-hybridized carbons (Fsp3) is 0.308. The average Bonchev–Trinajstić information content (AvgIpc) is 2.78. The summed E-state index contributed by atoms with van der Waals surface area (Å²) in [7, 11) is 0. The molecule has 0 spiro atoms. The average molecular weight is 454 g/mol. The molecule has 1 amide bonds. The van der Waals surface area contributed by atoms with Crippen LogP contribution >= 0.6 is 0 Å². The monoisotopic (exact) mass is 454 g/mol. The second kappa shape index (κ2) is 8.89. The van der Waals surface area contributed by atoms with Gasteiger partial charge in [0.25, 0.3) is 5.91 Å². The molecule has 0 saturated carbocycles. The third-order valence-electron chi connectivity index (χ3n) is 6.19. The van der Waals surface area contributed by atoms with Crippen molar-refractivity contribution in [2.24, 2.45) is 0 Å². The van der Waals surface area contributed by atoms with Gasteiger partial charge in [0, 0.05) is 40.6 Å². The number of allylic oxidation sites excluding steroid dienone is 3. The normalized spacial score (nSPS) is 18.7. The van der Waals surface area contributed by atoms with E-state index >= 15 is 0 Å². The number of rotatable bonds is 4. The minimum absolute atomic E-state index is 0.00909. The number of dihydropyridines is 1. The van der Waals surface area contributed by atoms with Crippen LogP contribution in [0.1, 0.15) is 55.7 Å². The van der Waals surface area contributed by atoms with Crippen molar-refractivity contribution in [2.75, 3.05) is 5.32 Å². The predicted octanol–water partition coefficient (Wildman–Crippen LogP) is 5.87. The second-order valence-electron chi connectivity index (χ2n) is 8.39. The molecule has 1 aliphatic carbocycles. The molecule has 1 heterocycles. The van der Waals surface area contributed by atoms with Gasteiger partial charge in [-0.3, -0.25) is 9.59 Å². The van der Waals surface area contributed by atoms with Crippen molar-refractivity contribution in [3.05, 3.63) is 87.8 Å². The summed E-state index contributed by atoms with van der Waals surface area (Å²) in [6.45, 7) is 3.81. The molecule has 0 fully saturated rings. The van der Waals surface area contributed by atoms with Gasteiger partial charge in [-0.25, -0.2) is 0 Å². The first-order valence-electron chi connectivity index (χ1n) is 11.0. The summed E-state index contributed by atoms with van der Waals surface area (Å²) >= 11 is 0. The molecule has 33 heavy (non-hydrogen) atoms. The zero-order chi connectivity index (χ0) is 23.8. The third kappa shape index (κ3) is 4.58. The van der Waals surface area contributed by atoms with Gasteiger partial charge >= 0.3 is 6.18 Å². The van der Waals surface area contributed by atoms with Crippen LogP contribution in [-0.4, -0.2) is 11.7 Å². The molecule has 0 radical (unpaired) electrons. The number of amides is 1. The summed E-state index contributed by atoms with van der Waals surface area (Å²) in [5.41, 5.74) is 3.48. The maximum atomic E-state index is 13.4. The highest BCUT2D eigenvalue weighted by atomic mass is 19.4. The van der Waals surface area contributed by atoms with Crippen molar-refractivity contribution in [1.82, 2.24) is 5.32 Å². The Labute approximate surface area is 190 Å². The van der Waals surface area contributed by atoms with E-state index in [2.05, 4.69) is 10.6 Å². The van der Waals surface area contributed by atoms with E-state index < -0.39 is 23.6 Å². The number of anilines is 1. The zero-order valence-electron chi connectivity index (χ0n) is 18.5. The molecular weight excluding hydrogens is 429 g/mol. The lowest BCUT2D eigenvalue weighted by Gasteiger charge is -2.34. The lowest BCUT2D eigenvalue weighted by Crippen LogP contribution is -2.35. The van der Waals surface area contributed by atoms with Crippen molar-refractivity contribution in [3.8, 4) is 0 Å². The number of nitrogens with one attached hydrogen (secondary N) is 2. The number of Topliss-reactive ketones (excluding diaryl/α,β-unsaturated/α-hetero) is 1. The molecule has 172 valence electrons. The van der Waals surface area contributed by atoms with Gasteiger partial charge < -0.3 is 10.6 Å². The van der Waals surface area contributed by atoms with Crippen LogP contribution in [0.5, 0.6) is 0 Å². The van der Waals surface area contributed by atoms with Crippen LogP contribution in [0, 0.1) is 0 Å². The number of carbonyl (C=O) groups excluding carboxylic acids is 2. The number of aryl methyl sites for hydroxylation is 1. The maximum Gasteiger partial charge on any atom is 0.416 e. The Bertz CT molecular complexity index is 1160. The molecule has 2 N–H and O–H groups in total. The Hall–Kier alpha value is -3.35. The lowest BCUT2D eigenvalue weighted by molar-refractivity contribution is -0.137. The molecule has 2 aromatic carbocycles. The number of ketones is 1. The molecule has 2 aliphatic rings. The molecular formula is C26H25F3N2O2. The number of carbonyl (C=O) groups is 2. The van der Waals surface area contributed by atoms with E-state index in [1.54, 1.807) is 6.92 Å². The van der Waals surface area contributed by atoms with E-state index in [0.717, 1.165) is 41.8 Å². The van der Waals surface area contributed by atoms with Gasteiger partial charge in [-0.15, -0.1) is 0 Å². The number of alkyl halides is 3. The quantitative estimate of drug-likeness (QED) is 0.607. The van der Waals surface area contributed by atoms with Crippen molar-refractivity contribution in [3.63, 3.8) is 0 Å². The smallest absolute Gasteiger partial charge is 0.362 e. The van der Waals surface area contributed by atoms with Gasteiger partial charge in [0.05, 0.1) is 5.56 Å². The van der Waals surface area contributed by atoms with Crippen LogP contribution in [0.3, 0.4) is 0 Å². The number of benzene rings is 2. The summed E-state index contributed by atoms with van der Waals surface area (Å²) in [5, 5.41) is 5.84. The molecule has 1 atom stereocenters. The number of hydrogen-bond acceptors (Lipinski definition) is 3. The number of hydrogen-bond donors (Lipinski definition) is 2. The highest BCUT2D eigenvalue weighted by Gasteiger charge is 2.38. The van der Waals surface area contributed by atoms with E-state index in [0.29, 0.717) is 29.7 Å². The molecule has 0 saturated heterocycles. The molecule has 1 unspecified atom stereocenters. The van der Waals surface area contributed by atoms with Crippen LogP contribution < -0.4 is 10.6 Å². The predicted molar refractivity (Wildman–Crippen MR) is 120 cm³/mol. The Morgan fingerprint density at radius 3 is 2.52 bits per heavy atom. The van der Waals surface area contributed by atoms with Gasteiger partial charge in [-0.1, -0.05) is 37.3 Å².